The Bertz CT molecular complexity index is 707. The number of carbonyl (C=O) groups is 1. The van der Waals surface area contributed by atoms with Crippen LogP contribution < -0.4 is 10.1 Å². The highest BCUT2D eigenvalue weighted by atomic mass is 16.5. The van der Waals surface area contributed by atoms with Gasteiger partial charge < -0.3 is 19.2 Å². The van der Waals surface area contributed by atoms with Gasteiger partial charge >= 0.3 is 0 Å². The van der Waals surface area contributed by atoms with Crippen molar-refractivity contribution in [2.45, 2.75) is 39.2 Å². The number of aryl methyl sites for hydroxylation is 2. The number of hydrogen-bond donors (Lipinski definition) is 1. The Labute approximate surface area is 148 Å². The molecule has 1 aliphatic rings. The molecule has 1 aliphatic carbocycles. The summed E-state index contributed by atoms with van der Waals surface area (Å²) in [7, 11) is 0. The van der Waals surface area contributed by atoms with Crippen molar-refractivity contribution < 1.29 is 18.7 Å². The molecule has 5 heteroatoms. The van der Waals surface area contributed by atoms with Gasteiger partial charge in [0.1, 0.15) is 18.1 Å². The number of rotatable bonds is 9. The van der Waals surface area contributed by atoms with E-state index in [0.29, 0.717) is 37.9 Å². The van der Waals surface area contributed by atoms with E-state index in [-0.39, 0.29) is 5.91 Å². The lowest BCUT2D eigenvalue weighted by atomic mass is 10.1. The summed E-state index contributed by atoms with van der Waals surface area (Å²) in [6.07, 6.45) is 4.30. The molecule has 2 aromatic rings. The second-order valence-corrected chi connectivity index (χ2v) is 6.15. The normalized spacial score (nSPS) is 12.8. The minimum absolute atomic E-state index is 0.208. The quantitative estimate of drug-likeness (QED) is 0.708. The van der Waals surface area contributed by atoms with E-state index in [2.05, 4.69) is 17.4 Å². The van der Waals surface area contributed by atoms with Crippen molar-refractivity contribution in [2.75, 3.05) is 19.8 Å². The molecule has 3 rings (SSSR count). The van der Waals surface area contributed by atoms with E-state index >= 15 is 0 Å². The lowest BCUT2D eigenvalue weighted by Crippen LogP contribution is -2.24. The zero-order valence-electron chi connectivity index (χ0n) is 14.7. The van der Waals surface area contributed by atoms with Crippen LogP contribution in [0, 0.1) is 0 Å². The van der Waals surface area contributed by atoms with E-state index in [1.807, 2.05) is 13.0 Å². The van der Waals surface area contributed by atoms with Crippen LogP contribution >= 0.6 is 0 Å². The summed E-state index contributed by atoms with van der Waals surface area (Å²) in [5.41, 5.74) is 2.80. The van der Waals surface area contributed by atoms with E-state index < -0.39 is 0 Å². The van der Waals surface area contributed by atoms with Crippen LogP contribution in [0.1, 0.15) is 47.2 Å². The predicted molar refractivity (Wildman–Crippen MR) is 95.0 cm³/mol. The lowest BCUT2D eigenvalue weighted by Gasteiger charge is -2.07. The van der Waals surface area contributed by atoms with Gasteiger partial charge in [-0.2, -0.15) is 0 Å². The summed E-state index contributed by atoms with van der Waals surface area (Å²) in [5, 5.41) is 2.82. The van der Waals surface area contributed by atoms with Gasteiger partial charge in [-0.15, -0.1) is 0 Å². The number of nitrogens with one attached hydrogen (secondary N) is 1. The van der Waals surface area contributed by atoms with Crippen molar-refractivity contribution >= 4 is 5.91 Å². The van der Waals surface area contributed by atoms with Gasteiger partial charge in [0, 0.05) is 19.8 Å². The molecule has 0 radical (unpaired) electrons. The Morgan fingerprint density at radius 3 is 2.96 bits per heavy atom. The predicted octanol–water partition coefficient (Wildman–Crippen LogP) is 3.50. The first-order chi connectivity index (χ1) is 12.3. The van der Waals surface area contributed by atoms with Crippen LogP contribution in [-0.2, 0) is 24.2 Å². The summed E-state index contributed by atoms with van der Waals surface area (Å²) < 4.78 is 16.6. The Morgan fingerprint density at radius 2 is 2.08 bits per heavy atom. The minimum atomic E-state index is -0.208. The number of benzene rings is 1. The SMILES string of the molecule is CCOCCCNC(=O)c1ccc(COc2ccc3c(c2)CCC3)o1. The molecule has 1 N–H and O–H groups in total. The first-order valence-corrected chi connectivity index (χ1v) is 8.95. The third kappa shape index (κ3) is 4.86. The summed E-state index contributed by atoms with van der Waals surface area (Å²) in [5.74, 6) is 1.59. The van der Waals surface area contributed by atoms with Crippen molar-refractivity contribution in [2.24, 2.45) is 0 Å². The fraction of sp³-hybridized carbons (Fsp3) is 0.450. The zero-order valence-corrected chi connectivity index (χ0v) is 14.7. The molecule has 134 valence electrons. The maximum absolute atomic E-state index is 12.0. The molecule has 0 atom stereocenters. The molecule has 1 aromatic carbocycles. The average Bonchev–Trinajstić information content (AvgIpc) is 3.28. The third-order valence-corrected chi connectivity index (χ3v) is 4.29. The van der Waals surface area contributed by atoms with Crippen LogP contribution in [-0.4, -0.2) is 25.7 Å². The number of fused-ring (bicyclic) bond motifs is 1. The maximum atomic E-state index is 12.0. The van der Waals surface area contributed by atoms with Gasteiger partial charge in [-0.05, 0) is 68.0 Å². The number of hydrogen-bond acceptors (Lipinski definition) is 4. The molecule has 0 fully saturated rings. The topological polar surface area (TPSA) is 60.7 Å². The van der Waals surface area contributed by atoms with Gasteiger partial charge in [-0.3, -0.25) is 4.79 Å². The second-order valence-electron chi connectivity index (χ2n) is 6.15. The van der Waals surface area contributed by atoms with Crippen molar-refractivity contribution in [1.29, 1.82) is 0 Å². The van der Waals surface area contributed by atoms with Gasteiger partial charge in [-0.25, -0.2) is 0 Å². The highest BCUT2D eigenvalue weighted by molar-refractivity contribution is 5.91. The maximum Gasteiger partial charge on any atom is 0.286 e. The van der Waals surface area contributed by atoms with Gasteiger partial charge in [0.25, 0.3) is 5.91 Å². The summed E-state index contributed by atoms with van der Waals surface area (Å²) in [6.45, 7) is 4.18. The monoisotopic (exact) mass is 343 g/mol. The Hall–Kier alpha value is -2.27. The molecule has 0 unspecified atom stereocenters. The van der Waals surface area contributed by atoms with Gasteiger partial charge in [0.2, 0.25) is 0 Å². The molecule has 1 aromatic heterocycles. The first-order valence-electron chi connectivity index (χ1n) is 8.95. The molecule has 1 heterocycles. The zero-order chi connectivity index (χ0) is 17.5. The van der Waals surface area contributed by atoms with Crippen LogP contribution in [0.2, 0.25) is 0 Å². The average molecular weight is 343 g/mol. The molecule has 0 saturated heterocycles. The molecule has 1 amide bonds. The number of furan rings is 1. The third-order valence-electron chi connectivity index (χ3n) is 4.29. The fourth-order valence-corrected chi connectivity index (χ4v) is 2.98. The van der Waals surface area contributed by atoms with Crippen molar-refractivity contribution in [3.05, 3.63) is 53.0 Å². The van der Waals surface area contributed by atoms with Crippen LogP contribution in [0.3, 0.4) is 0 Å². The first kappa shape index (κ1) is 17.5. The minimum Gasteiger partial charge on any atom is -0.486 e. The summed E-state index contributed by atoms with van der Waals surface area (Å²) in [4.78, 5) is 12.0. The van der Waals surface area contributed by atoms with E-state index in [0.717, 1.165) is 25.0 Å². The van der Waals surface area contributed by atoms with Gasteiger partial charge in [0.05, 0.1) is 0 Å². The largest absolute Gasteiger partial charge is 0.486 e. The van der Waals surface area contributed by atoms with E-state index in [9.17, 15) is 4.79 Å². The Balaban J connectivity index is 1.46. The van der Waals surface area contributed by atoms with Gasteiger partial charge in [-0.1, -0.05) is 6.07 Å². The standard InChI is InChI=1S/C20H25NO4/c1-2-23-12-4-11-21-20(22)19-10-9-18(25-19)14-24-17-8-7-15-5-3-6-16(15)13-17/h7-10,13H,2-6,11-12,14H2,1H3,(H,21,22). The smallest absolute Gasteiger partial charge is 0.286 e. The highest BCUT2D eigenvalue weighted by Gasteiger charge is 2.13. The fourth-order valence-electron chi connectivity index (χ4n) is 2.98. The molecule has 0 saturated carbocycles. The second kappa shape index (κ2) is 8.72. The molecule has 0 bridgehead atoms. The lowest BCUT2D eigenvalue weighted by molar-refractivity contribution is 0.0913. The molecule has 0 aliphatic heterocycles. The van der Waals surface area contributed by atoms with E-state index in [1.165, 1.54) is 17.5 Å². The van der Waals surface area contributed by atoms with E-state index in [4.69, 9.17) is 13.9 Å². The van der Waals surface area contributed by atoms with Crippen LogP contribution in [0.5, 0.6) is 5.75 Å². The molecule has 0 spiro atoms. The molecule has 5 nitrogen and oxygen atoms in total. The molecule has 25 heavy (non-hydrogen) atoms. The van der Waals surface area contributed by atoms with Crippen LogP contribution in [0.25, 0.3) is 0 Å². The van der Waals surface area contributed by atoms with E-state index in [1.54, 1.807) is 12.1 Å². The van der Waals surface area contributed by atoms with Crippen molar-refractivity contribution in [3.63, 3.8) is 0 Å². The summed E-state index contributed by atoms with van der Waals surface area (Å²) in [6, 6.07) is 9.71. The number of ether oxygens (including phenoxy) is 2. The van der Waals surface area contributed by atoms with Crippen LogP contribution in [0.4, 0.5) is 0 Å². The van der Waals surface area contributed by atoms with Crippen molar-refractivity contribution in [3.8, 4) is 5.75 Å². The number of amides is 1. The molecular weight excluding hydrogens is 318 g/mol. The Kier molecular flexibility index (Phi) is 6.12. The van der Waals surface area contributed by atoms with Crippen LogP contribution in [0.15, 0.2) is 34.7 Å². The summed E-state index contributed by atoms with van der Waals surface area (Å²) >= 11 is 0. The highest BCUT2D eigenvalue weighted by Crippen LogP contribution is 2.26. The van der Waals surface area contributed by atoms with Gasteiger partial charge in [0.15, 0.2) is 5.76 Å². The number of carbonyl (C=O) groups excluding carboxylic acids is 1. The Morgan fingerprint density at radius 1 is 1.20 bits per heavy atom. The molecular formula is C20H25NO4. The van der Waals surface area contributed by atoms with Crippen molar-refractivity contribution in [1.82, 2.24) is 5.32 Å².